The van der Waals surface area contributed by atoms with Crippen molar-refractivity contribution in [2.24, 2.45) is 0 Å². The summed E-state index contributed by atoms with van der Waals surface area (Å²) in [5.74, 6) is -0.933. The van der Waals surface area contributed by atoms with Crippen LogP contribution in [0.3, 0.4) is 0 Å². The molecule has 0 unspecified atom stereocenters. The van der Waals surface area contributed by atoms with Crippen LogP contribution in [0.5, 0.6) is 0 Å². The summed E-state index contributed by atoms with van der Waals surface area (Å²) in [5, 5.41) is 6.15. The van der Waals surface area contributed by atoms with E-state index >= 15 is 0 Å². The molecule has 0 aliphatic heterocycles. The largest absolute Gasteiger partial charge is 0.454 e. The van der Waals surface area contributed by atoms with Gasteiger partial charge in [0.15, 0.2) is 12.4 Å². The number of aryl methyl sites for hydroxylation is 1. The van der Waals surface area contributed by atoms with Gasteiger partial charge in [-0.15, -0.1) is 11.3 Å². The zero-order valence-electron chi connectivity index (χ0n) is 17.3. The van der Waals surface area contributed by atoms with E-state index in [1.165, 1.54) is 42.5 Å². The van der Waals surface area contributed by atoms with Crippen LogP contribution < -0.4 is 16.4 Å². The SMILES string of the molecule is CC(=O)Nc1sc2c(c1C(=O)OCc1nc(N)nc(Nc3ccc(F)cc3)n1)CCCC2. The van der Waals surface area contributed by atoms with Gasteiger partial charge in [-0.25, -0.2) is 9.18 Å². The summed E-state index contributed by atoms with van der Waals surface area (Å²) in [4.78, 5) is 37.8. The molecule has 166 valence electrons. The number of rotatable bonds is 6. The van der Waals surface area contributed by atoms with Crippen LogP contribution in [0.25, 0.3) is 0 Å². The molecule has 1 aliphatic rings. The summed E-state index contributed by atoms with van der Waals surface area (Å²) in [6, 6.07) is 5.64. The summed E-state index contributed by atoms with van der Waals surface area (Å²) in [6.45, 7) is 1.17. The van der Waals surface area contributed by atoms with Gasteiger partial charge in [-0.1, -0.05) is 0 Å². The van der Waals surface area contributed by atoms with Crippen LogP contribution >= 0.6 is 11.3 Å². The van der Waals surface area contributed by atoms with Gasteiger partial charge in [0.1, 0.15) is 10.8 Å². The van der Waals surface area contributed by atoms with Crippen molar-refractivity contribution in [2.45, 2.75) is 39.2 Å². The van der Waals surface area contributed by atoms with Crippen molar-refractivity contribution in [3.8, 4) is 0 Å². The molecule has 0 radical (unpaired) electrons. The molecule has 0 fully saturated rings. The van der Waals surface area contributed by atoms with Gasteiger partial charge >= 0.3 is 5.97 Å². The van der Waals surface area contributed by atoms with Crippen LogP contribution in [0.1, 0.15) is 46.4 Å². The zero-order valence-corrected chi connectivity index (χ0v) is 18.1. The van der Waals surface area contributed by atoms with Crippen molar-refractivity contribution < 1.29 is 18.7 Å². The number of thiophene rings is 1. The van der Waals surface area contributed by atoms with Gasteiger partial charge in [-0.2, -0.15) is 15.0 Å². The van der Waals surface area contributed by atoms with Gasteiger partial charge in [0.2, 0.25) is 17.8 Å². The second-order valence-corrected chi connectivity index (χ2v) is 8.34. The standard InChI is InChI=1S/C21H21FN6O3S/c1-11(29)24-18-17(14-4-2-3-5-15(14)32-18)19(30)31-10-16-26-20(23)28-21(27-16)25-13-8-6-12(22)7-9-13/h6-9H,2-5,10H2,1H3,(H,24,29)(H3,23,25,26,27,28). The molecule has 4 rings (SSSR count). The molecule has 0 bridgehead atoms. The number of nitrogens with one attached hydrogen (secondary N) is 2. The van der Waals surface area contributed by atoms with Gasteiger partial charge in [0.05, 0.1) is 5.56 Å². The highest BCUT2D eigenvalue weighted by molar-refractivity contribution is 7.17. The summed E-state index contributed by atoms with van der Waals surface area (Å²) in [6.07, 6.45) is 3.67. The number of nitrogen functional groups attached to an aromatic ring is 1. The number of hydrogen-bond acceptors (Lipinski definition) is 9. The van der Waals surface area contributed by atoms with Gasteiger partial charge in [0.25, 0.3) is 0 Å². The van der Waals surface area contributed by atoms with Crippen molar-refractivity contribution in [3.05, 3.63) is 51.9 Å². The van der Waals surface area contributed by atoms with Gasteiger partial charge in [-0.05, 0) is 55.5 Å². The predicted molar refractivity (Wildman–Crippen MR) is 118 cm³/mol. The van der Waals surface area contributed by atoms with Crippen LogP contribution in [-0.4, -0.2) is 26.8 Å². The number of fused-ring (bicyclic) bond motifs is 1. The third kappa shape index (κ3) is 4.99. The number of amides is 1. The fourth-order valence-electron chi connectivity index (χ4n) is 3.45. The minimum Gasteiger partial charge on any atom is -0.454 e. The highest BCUT2D eigenvalue weighted by Crippen LogP contribution is 2.38. The molecule has 0 saturated carbocycles. The Bertz CT molecular complexity index is 1170. The molecule has 1 aliphatic carbocycles. The van der Waals surface area contributed by atoms with E-state index < -0.39 is 5.97 Å². The maximum atomic E-state index is 13.1. The Morgan fingerprint density at radius 2 is 1.91 bits per heavy atom. The van der Waals surface area contributed by atoms with E-state index in [1.54, 1.807) is 0 Å². The van der Waals surface area contributed by atoms with Crippen molar-refractivity contribution in [3.63, 3.8) is 0 Å². The minimum atomic E-state index is -0.555. The van der Waals surface area contributed by atoms with E-state index in [1.807, 2.05) is 0 Å². The molecule has 2 aromatic heterocycles. The Hall–Kier alpha value is -3.60. The number of benzene rings is 1. The summed E-state index contributed by atoms with van der Waals surface area (Å²) < 4.78 is 18.6. The van der Waals surface area contributed by atoms with Gasteiger partial charge < -0.3 is 21.1 Å². The highest BCUT2D eigenvalue weighted by atomic mass is 32.1. The number of hydrogen-bond donors (Lipinski definition) is 3. The van der Waals surface area contributed by atoms with E-state index in [0.717, 1.165) is 36.1 Å². The smallest absolute Gasteiger partial charge is 0.341 e. The average molecular weight is 457 g/mol. The maximum absolute atomic E-state index is 13.1. The quantitative estimate of drug-likeness (QED) is 0.480. The number of nitrogens with two attached hydrogens (primary N) is 1. The number of carbonyl (C=O) groups excluding carboxylic acids is 2. The van der Waals surface area contributed by atoms with E-state index in [4.69, 9.17) is 10.5 Å². The lowest BCUT2D eigenvalue weighted by atomic mass is 9.95. The second kappa shape index (κ2) is 9.27. The van der Waals surface area contributed by atoms with E-state index in [0.29, 0.717) is 16.3 Å². The third-order valence-electron chi connectivity index (χ3n) is 4.80. The van der Waals surface area contributed by atoms with Crippen LogP contribution in [0.2, 0.25) is 0 Å². The summed E-state index contributed by atoms with van der Waals surface area (Å²) >= 11 is 1.42. The van der Waals surface area contributed by atoms with E-state index in [-0.39, 0.29) is 36.1 Å². The fraction of sp³-hybridized carbons (Fsp3) is 0.286. The second-order valence-electron chi connectivity index (χ2n) is 7.24. The first-order valence-electron chi connectivity index (χ1n) is 10.0. The van der Waals surface area contributed by atoms with Crippen molar-refractivity contribution >= 4 is 45.8 Å². The maximum Gasteiger partial charge on any atom is 0.341 e. The molecule has 9 nitrogen and oxygen atoms in total. The first-order chi connectivity index (χ1) is 15.4. The number of halogens is 1. The van der Waals surface area contributed by atoms with Crippen LogP contribution in [0.4, 0.5) is 27.0 Å². The third-order valence-corrected chi connectivity index (χ3v) is 6.00. The summed E-state index contributed by atoms with van der Waals surface area (Å²) in [7, 11) is 0. The Morgan fingerprint density at radius 1 is 1.16 bits per heavy atom. The Labute approximate surface area is 187 Å². The molecular formula is C21H21FN6O3S. The number of ether oxygens (including phenoxy) is 1. The predicted octanol–water partition coefficient (Wildman–Crippen LogP) is 3.59. The number of aromatic nitrogens is 3. The zero-order chi connectivity index (χ0) is 22.7. The topological polar surface area (TPSA) is 132 Å². The Kier molecular flexibility index (Phi) is 6.26. The molecule has 1 aromatic carbocycles. The lowest BCUT2D eigenvalue weighted by molar-refractivity contribution is -0.114. The molecule has 2 heterocycles. The number of anilines is 4. The van der Waals surface area contributed by atoms with Crippen molar-refractivity contribution in [1.82, 2.24) is 15.0 Å². The Morgan fingerprint density at radius 3 is 2.66 bits per heavy atom. The lowest BCUT2D eigenvalue weighted by Gasteiger charge is -2.13. The Balaban J connectivity index is 1.51. The first-order valence-corrected chi connectivity index (χ1v) is 10.8. The highest BCUT2D eigenvalue weighted by Gasteiger charge is 2.27. The van der Waals surface area contributed by atoms with Crippen LogP contribution in [-0.2, 0) is 29.0 Å². The van der Waals surface area contributed by atoms with Crippen molar-refractivity contribution in [2.75, 3.05) is 16.4 Å². The van der Waals surface area contributed by atoms with Gasteiger partial charge in [0, 0.05) is 17.5 Å². The lowest BCUT2D eigenvalue weighted by Crippen LogP contribution is -2.15. The minimum absolute atomic E-state index is 0.0532. The number of carbonyl (C=O) groups is 2. The molecule has 32 heavy (non-hydrogen) atoms. The normalized spacial score (nSPS) is 12.7. The molecule has 0 atom stereocenters. The van der Waals surface area contributed by atoms with E-state index in [2.05, 4.69) is 25.6 Å². The average Bonchev–Trinajstić information content (AvgIpc) is 3.10. The molecular weight excluding hydrogens is 435 g/mol. The molecule has 1 amide bonds. The molecule has 3 aromatic rings. The molecule has 0 saturated heterocycles. The molecule has 0 spiro atoms. The van der Waals surface area contributed by atoms with Gasteiger partial charge in [-0.3, -0.25) is 4.79 Å². The molecule has 11 heteroatoms. The summed E-state index contributed by atoms with van der Waals surface area (Å²) in [5.41, 5.74) is 7.65. The number of esters is 1. The van der Waals surface area contributed by atoms with Crippen LogP contribution in [0, 0.1) is 5.82 Å². The van der Waals surface area contributed by atoms with Crippen molar-refractivity contribution in [1.29, 1.82) is 0 Å². The van der Waals surface area contributed by atoms with Crippen LogP contribution in [0.15, 0.2) is 24.3 Å². The monoisotopic (exact) mass is 456 g/mol. The number of nitrogens with zero attached hydrogens (tertiary/aromatic N) is 3. The first kappa shape index (κ1) is 21.6. The van der Waals surface area contributed by atoms with E-state index in [9.17, 15) is 14.0 Å². The fourth-order valence-corrected chi connectivity index (χ4v) is 4.78. The molecule has 4 N–H and O–H groups in total.